The number of aromatic nitrogens is 2. The average Bonchev–Trinajstić information content (AvgIpc) is 3.13. The van der Waals surface area contributed by atoms with Crippen molar-refractivity contribution in [1.29, 1.82) is 0 Å². The maximum atomic E-state index is 11.9. The minimum Gasteiger partial charge on any atom is -0.380 e. The second-order valence-electron chi connectivity index (χ2n) is 5.12. The van der Waals surface area contributed by atoms with Gasteiger partial charge in [0.15, 0.2) is 0 Å². The SMILES string of the molecule is COC(CN)CC(=O)NCC(=O)Nc1ccc(-n2cccn2)cc1. The summed E-state index contributed by atoms with van der Waals surface area (Å²) in [7, 11) is 1.49. The largest absolute Gasteiger partial charge is 0.380 e. The van der Waals surface area contributed by atoms with Gasteiger partial charge in [0.2, 0.25) is 11.8 Å². The fourth-order valence-electron chi connectivity index (χ4n) is 2.04. The van der Waals surface area contributed by atoms with Crippen molar-refractivity contribution < 1.29 is 14.3 Å². The smallest absolute Gasteiger partial charge is 0.243 e. The maximum absolute atomic E-state index is 11.9. The highest BCUT2D eigenvalue weighted by Gasteiger charge is 2.12. The normalized spacial score (nSPS) is 11.8. The molecular formula is C16H21N5O3. The molecule has 0 bridgehead atoms. The molecule has 1 heterocycles. The maximum Gasteiger partial charge on any atom is 0.243 e. The van der Waals surface area contributed by atoms with E-state index >= 15 is 0 Å². The third-order valence-electron chi connectivity index (χ3n) is 3.38. The molecule has 24 heavy (non-hydrogen) atoms. The molecule has 0 spiro atoms. The summed E-state index contributed by atoms with van der Waals surface area (Å²) in [4.78, 5) is 23.5. The zero-order valence-electron chi connectivity index (χ0n) is 13.4. The summed E-state index contributed by atoms with van der Waals surface area (Å²) in [6.45, 7) is 0.138. The Labute approximate surface area is 140 Å². The first-order valence-electron chi connectivity index (χ1n) is 7.52. The van der Waals surface area contributed by atoms with E-state index < -0.39 is 0 Å². The van der Waals surface area contributed by atoms with Crippen LogP contribution in [0.2, 0.25) is 0 Å². The van der Waals surface area contributed by atoms with Gasteiger partial charge >= 0.3 is 0 Å². The van der Waals surface area contributed by atoms with E-state index in [1.807, 2.05) is 24.4 Å². The van der Waals surface area contributed by atoms with Gasteiger partial charge in [-0.05, 0) is 30.3 Å². The lowest BCUT2D eigenvalue weighted by Crippen LogP contribution is -2.36. The second kappa shape index (κ2) is 8.80. The molecule has 128 valence electrons. The van der Waals surface area contributed by atoms with Crippen molar-refractivity contribution in [3.8, 4) is 5.69 Å². The van der Waals surface area contributed by atoms with Gasteiger partial charge in [-0.25, -0.2) is 4.68 Å². The Morgan fingerprint density at radius 3 is 2.62 bits per heavy atom. The molecule has 0 aliphatic rings. The summed E-state index contributed by atoms with van der Waals surface area (Å²) in [5, 5.41) is 9.37. The molecule has 2 rings (SSSR count). The van der Waals surface area contributed by atoms with E-state index in [0.29, 0.717) is 5.69 Å². The van der Waals surface area contributed by atoms with E-state index in [2.05, 4.69) is 15.7 Å². The number of anilines is 1. The summed E-state index contributed by atoms with van der Waals surface area (Å²) in [5.41, 5.74) is 6.97. The number of amides is 2. The number of carbonyl (C=O) groups excluding carboxylic acids is 2. The Bertz CT molecular complexity index is 651. The van der Waals surface area contributed by atoms with Gasteiger partial charge in [-0.1, -0.05) is 0 Å². The Balaban J connectivity index is 1.79. The molecule has 1 atom stereocenters. The molecule has 8 heteroatoms. The standard InChI is InChI=1S/C16H21N5O3/c1-24-14(10-17)9-15(22)18-11-16(23)20-12-3-5-13(6-4-12)21-8-2-7-19-21/h2-8,14H,9-11,17H2,1H3,(H,18,22)(H,20,23). The van der Waals surface area contributed by atoms with E-state index in [-0.39, 0.29) is 37.4 Å². The van der Waals surface area contributed by atoms with Crippen LogP contribution in [0, 0.1) is 0 Å². The van der Waals surface area contributed by atoms with Crippen molar-refractivity contribution in [3.05, 3.63) is 42.7 Å². The van der Waals surface area contributed by atoms with Crippen molar-refractivity contribution in [2.75, 3.05) is 25.5 Å². The van der Waals surface area contributed by atoms with Crippen LogP contribution in [-0.2, 0) is 14.3 Å². The number of hydrogen-bond acceptors (Lipinski definition) is 5. The number of hydrogen-bond donors (Lipinski definition) is 3. The van der Waals surface area contributed by atoms with Gasteiger partial charge < -0.3 is 21.1 Å². The van der Waals surface area contributed by atoms with E-state index in [4.69, 9.17) is 10.5 Å². The highest BCUT2D eigenvalue weighted by Crippen LogP contribution is 2.12. The number of benzene rings is 1. The van der Waals surface area contributed by atoms with Crippen LogP contribution in [0.4, 0.5) is 5.69 Å². The highest BCUT2D eigenvalue weighted by atomic mass is 16.5. The fraction of sp³-hybridized carbons (Fsp3) is 0.312. The van der Waals surface area contributed by atoms with E-state index in [9.17, 15) is 9.59 Å². The Hall–Kier alpha value is -2.71. The van der Waals surface area contributed by atoms with Crippen LogP contribution in [0.3, 0.4) is 0 Å². The molecule has 0 radical (unpaired) electrons. The minimum atomic E-state index is -0.345. The summed E-state index contributed by atoms with van der Waals surface area (Å²) in [5.74, 6) is -0.589. The lowest BCUT2D eigenvalue weighted by atomic mass is 10.2. The van der Waals surface area contributed by atoms with E-state index in [1.165, 1.54) is 7.11 Å². The molecular weight excluding hydrogens is 310 g/mol. The third kappa shape index (κ3) is 5.18. The first-order chi connectivity index (χ1) is 11.6. The number of nitrogens with zero attached hydrogens (tertiary/aromatic N) is 2. The van der Waals surface area contributed by atoms with Crippen molar-refractivity contribution in [3.63, 3.8) is 0 Å². The zero-order valence-corrected chi connectivity index (χ0v) is 13.4. The molecule has 0 saturated heterocycles. The molecule has 0 saturated carbocycles. The fourth-order valence-corrected chi connectivity index (χ4v) is 2.04. The van der Waals surface area contributed by atoms with Gasteiger partial charge in [0.1, 0.15) is 0 Å². The molecule has 1 aromatic heterocycles. The van der Waals surface area contributed by atoms with Crippen LogP contribution in [0.25, 0.3) is 5.69 Å². The molecule has 1 aromatic carbocycles. The summed E-state index contributed by atoms with van der Waals surface area (Å²) < 4.78 is 6.74. The van der Waals surface area contributed by atoms with E-state index in [1.54, 1.807) is 23.0 Å². The van der Waals surface area contributed by atoms with Crippen molar-refractivity contribution in [1.82, 2.24) is 15.1 Å². The minimum absolute atomic E-state index is 0.110. The predicted octanol–water partition coefficient (Wildman–Crippen LogP) is 0.291. The number of nitrogens with two attached hydrogens (primary N) is 1. The van der Waals surface area contributed by atoms with Crippen molar-refractivity contribution >= 4 is 17.5 Å². The van der Waals surface area contributed by atoms with E-state index in [0.717, 1.165) is 5.69 Å². The second-order valence-corrected chi connectivity index (χ2v) is 5.12. The average molecular weight is 331 g/mol. The first kappa shape index (κ1) is 17.6. The predicted molar refractivity (Wildman–Crippen MR) is 89.7 cm³/mol. The third-order valence-corrected chi connectivity index (χ3v) is 3.38. The van der Waals surface area contributed by atoms with Crippen LogP contribution in [0.1, 0.15) is 6.42 Å². The lowest BCUT2D eigenvalue weighted by molar-refractivity contribution is -0.125. The quantitative estimate of drug-likeness (QED) is 0.644. The lowest BCUT2D eigenvalue weighted by Gasteiger charge is -2.12. The summed E-state index contributed by atoms with van der Waals surface area (Å²) >= 11 is 0. The number of nitrogens with one attached hydrogen (secondary N) is 2. The molecule has 4 N–H and O–H groups in total. The first-order valence-corrected chi connectivity index (χ1v) is 7.52. The molecule has 0 aliphatic carbocycles. The summed E-state index contributed by atoms with van der Waals surface area (Å²) in [6.07, 6.45) is 3.30. The monoisotopic (exact) mass is 331 g/mol. The number of ether oxygens (including phenoxy) is 1. The molecule has 0 aliphatic heterocycles. The molecule has 2 aromatic rings. The van der Waals surface area contributed by atoms with Gasteiger partial charge in [-0.2, -0.15) is 5.10 Å². The van der Waals surface area contributed by atoms with Crippen molar-refractivity contribution in [2.45, 2.75) is 12.5 Å². The van der Waals surface area contributed by atoms with Gasteiger partial charge in [-0.15, -0.1) is 0 Å². The van der Waals surface area contributed by atoms with Crippen molar-refractivity contribution in [2.24, 2.45) is 5.73 Å². The molecule has 2 amide bonds. The van der Waals surface area contributed by atoms with Gasteiger partial charge in [-0.3, -0.25) is 9.59 Å². The molecule has 0 fully saturated rings. The van der Waals surface area contributed by atoms with Crippen LogP contribution in [0.5, 0.6) is 0 Å². The highest BCUT2D eigenvalue weighted by molar-refractivity contribution is 5.94. The topological polar surface area (TPSA) is 111 Å². The van der Waals surface area contributed by atoms with Crippen LogP contribution in [-0.4, -0.2) is 47.9 Å². The number of methoxy groups -OCH3 is 1. The van der Waals surface area contributed by atoms with Gasteiger partial charge in [0.25, 0.3) is 0 Å². The Morgan fingerprint density at radius 2 is 2.04 bits per heavy atom. The molecule has 1 unspecified atom stereocenters. The van der Waals surface area contributed by atoms with Crippen LogP contribution >= 0.6 is 0 Å². The summed E-state index contributed by atoms with van der Waals surface area (Å²) in [6, 6.07) is 9.05. The van der Waals surface area contributed by atoms with Crippen LogP contribution < -0.4 is 16.4 Å². The Kier molecular flexibility index (Phi) is 6.47. The van der Waals surface area contributed by atoms with Gasteiger partial charge in [0.05, 0.1) is 24.8 Å². The number of carbonyl (C=O) groups is 2. The Morgan fingerprint density at radius 1 is 1.29 bits per heavy atom. The van der Waals surface area contributed by atoms with Crippen LogP contribution in [0.15, 0.2) is 42.7 Å². The van der Waals surface area contributed by atoms with Gasteiger partial charge in [0, 0.05) is 31.7 Å². The zero-order chi connectivity index (χ0) is 17.4. The molecule has 8 nitrogen and oxygen atoms in total. The number of rotatable bonds is 8.